The van der Waals surface area contributed by atoms with Crippen LogP contribution >= 0.6 is 11.6 Å². The van der Waals surface area contributed by atoms with Gasteiger partial charge in [-0.05, 0) is 50.9 Å². The Hall–Kier alpha value is -2.35. The van der Waals surface area contributed by atoms with Crippen molar-refractivity contribution in [3.8, 4) is 0 Å². The van der Waals surface area contributed by atoms with Gasteiger partial charge >= 0.3 is 7.12 Å². The lowest BCUT2D eigenvalue weighted by molar-refractivity contribution is -0.119. The third-order valence-corrected chi connectivity index (χ3v) is 6.04. The number of primary amides is 1. The Morgan fingerprint density at radius 1 is 1.03 bits per heavy atom. The normalized spacial score (nSPS) is 18.1. The third kappa shape index (κ3) is 4.69. The van der Waals surface area contributed by atoms with Gasteiger partial charge in [-0.3, -0.25) is 9.59 Å². The zero-order chi connectivity index (χ0) is 22.1. The first kappa shape index (κ1) is 22.3. The first-order valence-electron chi connectivity index (χ1n) is 9.79. The lowest BCUT2D eigenvalue weighted by atomic mass is 9.78. The third-order valence-electron chi connectivity index (χ3n) is 5.71. The highest BCUT2D eigenvalue weighted by Gasteiger charge is 2.51. The Morgan fingerprint density at radius 2 is 1.60 bits per heavy atom. The summed E-state index contributed by atoms with van der Waals surface area (Å²) >= 11 is 6.06. The Kier molecular flexibility index (Phi) is 6.27. The summed E-state index contributed by atoms with van der Waals surface area (Å²) in [6, 6.07) is 13.3. The van der Waals surface area contributed by atoms with E-state index < -0.39 is 36.2 Å². The van der Waals surface area contributed by atoms with Gasteiger partial charge in [-0.25, -0.2) is 0 Å². The number of hydrogen-bond donors (Lipinski definition) is 2. The van der Waals surface area contributed by atoms with Crippen LogP contribution in [0.4, 0.5) is 0 Å². The first-order chi connectivity index (χ1) is 14.0. The molecule has 1 heterocycles. The second-order valence-electron chi connectivity index (χ2n) is 8.44. The van der Waals surface area contributed by atoms with Crippen LogP contribution in [0.5, 0.6) is 0 Å². The summed E-state index contributed by atoms with van der Waals surface area (Å²) in [5.74, 6) is -1.07. The van der Waals surface area contributed by atoms with Crippen LogP contribution in [0.25, 0.3) is 0 Å². The number of nitrogens with one attached hydrogen (secondary N) is 1. The number of carbonyl (C=O) groups excluding carboxylic acids is 2. The highest BCUT2D eigenvalue weighted by atomic mass is 35.5. The van der Waals surface area contributed by atoms with Gasteiger partial charge in [0, 0.05) is 6.42 Å². The fourth-order valence-electron chi connectivity index (χ4n) is 3.13. The van der Waals surface area contributed by atoms with Gasteiger partial charge in [-0.1, -0.05) is 48.0 Å². The average Bonchev–Trinajstić information content (AvgIpc) is 2.89. The number of amides is 2. The monoisotopic (exact) mass is 428 g/mol. The van der Waals surface area contributed by atoms with E-state index in [-0.39, 0.29) is 6.42 Å². The van der Waals surface area contributed by atoms with Gasteiger partial charge in [0.25, 0.3) is 5.91 Å². The number of carbonyl (C=O) groups is 2. The van der Waals surface area contributed by atoms with Gasteiger partial charge in [0.05, 0.1) is 21.8 Å². The summed E-state index contributed by atoms with van der Waals surface area (Å²) < 4.78 is 12.1. The molecule has 30 heavy (non-hydrogen) atoms. The van der Waals surface area contributed by atoms with E-state index in [1.54, 1.807) is 24.3 Å². The summed E-state index contributed by atoms with van der Waals surface area (Å²) in [4.78, 5) is 24.4. The van der Waals surface area contributed by atoms with E-state index >= 15 is 0 Å². The average molecular weight is 429 g/mol. The van der Waals surface area contributed by atoms with Crippen LogP contribution in [-0.4, -0.2) is 36.2 Å². The summed E-state index contributed by atoms with van der Waals surface area (Å²) in [6.07, 6.45) is 0.259. The molecule has 0 aromatic heterocycles. The van der Waals surface area contributed by atoms with E-state index in [1.807, 2.05) is 52.0 Å². The van der Waals surface area contributed by atoms with Crippen molar-refractivity contribution < 1.29 is 18.9 Å². The van der Waals surface area contributed by atoms with Gasteiger partial charge in [0.2, 0.25) is 5.91 Å². The predicted molar refractivity (Wildman–Crippen MR) is 118 cm³/mol. The Balaban J connectivity index is 1.69. The molecule has 0 radical (unpaired) electrons. The number of nitrogens with two attached hydrogens (primary N) is 1. The van der Waals surface area contributed by atoms with E-state index in [4.69, 9.17) is 26.6 Å². The fourth-order valence-corrected chi connectivity index (χ4v) is 3.35. The van der Waals surface area contributed by atoms with Crippen LogP contribution in [0.15, 0.2) is 48.5 Å². The molecule has 158 valence electrons. The first-order valence-corrected chi connectivity index (χ1v) is 10.2. The molecular weight excluding hydrogens is 403 g/mol. The molecule has 0 aliphatic carbocycles. The van der Waals surface area contributed by atoms with Crippen LogP contribution in [0, 0.1) is 0 Å². The summed E-state index contributed by atoms with van der Waals surface area (Å²) in [5.41, 5.74) is 6.69. The molecule has 1 aliphatic heterocycles. The lowest BCUT2D eigenvalue weighted by Gasteiger charge is -2.32. The van der Waals surface area contributed by atoms with Crippen molar-refractivity contribution in [1.29, 1.82) is 0 Å². The molecule has 3 N–H and O–H groups in total. The van der Waals surface area contributed by atoms with E-state index in [0.717, 1.165) is 11.0 Å². The zero-order valence-corrected chi connectivity index (χ0v) is 18.3. The number of hydrogen-bond acceptors (Lipinski definition) is 4. The summed E-state index contributed by atoms with van der Waals surface area (Å²) in [6.45, 7) is 8.00. The van der Waals surface area contributed by atoms with Gasteiger partial charge in [0.15, 0.2) is 0 Å². The molecule has 1 aliphatic rings. The molecule has 0 unspecified atom stereocenters. The maximum absolute atomic E-state index is 12.5. The number of benzene rings is 2. The molecule has 1 atom stereocenters. The summed E-state index contributed by atoms with van der Waals surface area (Å²) in [7, 11) is -0.462. The SMILES string of the molecule is CC1(C)OB(c2ccc(C[C@@H](NC(=O)c3ccccc3Cl)C(N)=O)cc2)OC1(C)C. The molecule has 2 aromatic carbocycles. The quantitative estimate of drug-likeness (QED) is 0.692. The molecule has 1 fully saturated rings. The Morgan fingerprint density at radius 3 is 2.13 bits per heavy atom. The van der Waals surface area contributed by atoms with Crippen molar-refractivity contribution in [2.24, 2.45) is 5.73 Å². The smallest absolute Gasteiger partial charge is 0.399 e. The van der Waals surface area contributed by atoms with Crippen molar-refractivity contribution in [1.82, 2.24) is 5.32 Å². The highest BCUT2D eigenvalue weighted by Crippen LogP contribution is 2.36. The molecule has 8 heteroatoms. The number of rotatable bonds is 6. The van der Waals surface area contributed by atoms with Crippen molar-refractivity contribution in [3.63, 3.8) is 0 Å². The molecule has 2 aromatic rings. The van der Waals surface area contributed by atoms with Crippen molar-refractivity contribution in [2.45, 2.75) is 51.4 Å². The maximum atomic E-state index is 12.5. The molecule has 3 rings (SSSR count). The van der Waals surface area contributed by atoms with Crippen molar-refractivity contribution >= 4 is 36.0 Å². The van der Waals surface area contributed by atoms with E-state index in [1.165, 1.54) is 0 Å². The Labute approximate surface area is 182 Å². The lowest BCUT2D eigenvalue weighted by Crippen LogP contribution is -2.46. The van der Waals surface area contributed by atoms with Crippen LogP contribution in [0.3, 0.4) is 0 Å². The molecule has 0 bridgehead atoms. The minimum Gasteiger partial charge on any atom is -0.399 e. The van der Waals surface area contributed by atoms with Gasteiger partial charge in [0.1, 0.15) is 6.04 Å². The topological polar surface area (TPSA) is 90.6 Å². The van der Waals surface area contributed by atoms with Gasteiger partial charge in [-0.2, -0.15) is 0 Å². The number of halogens is 1. The van der Waals surface area contributed by atoms with Crippen LogP contribution in [-0.2, 0) is 20.5 Å². The molecule has 0 saturated carbocycles. The van der Waals surface area contributed by atoms with Gasteiger partial charge in [-0.15, -0.1) is 0 Å². The van der Waals surface area contributed by atoms with Crippen LogP contribution < -0.4 is 16.5 Å². The maximum Gasteiger partial charge on any atom is 0.494 e. The predicted octanol–water partition coefficient (Wildman–Crippen LogP) is 2.47. The minimum atomic E-state index is -0.864. The molecule has 0 spiro atoms. The molecule has 6 nitrogen and oxygen atoms in total. The largest absolute Gasteiger partial charge is 0.494 e. The van der Waals surface area contributed by atoms with Crippen LogP contribution in [0.2, 0.25) is 5.02 Å². The summed E-state index contributed by atoms with van der Waals surface area (Å²) in [5, 5.41) is 2.98. The van der Waals surface area contributed by atoms with Crippen molar-refractivity contribution in [3.05, 3.63) is 64.7 Å². The second-order valence-corrected chi connectivity index (χ2v) is 8.85. The zero-order valence-electron chi connectivity index (χ0n) is 17.6. The molecular formula is C22H26BClN2O4. The van der Waals surface area contributed by atoms with Crippen molar-refractivity contribution in [2.75, 3.05) is 0 Å². The highest BCUT2D eigenvalue weighted by molar-refractivity contribution is 6.62. The Bertz CT molecular complexity index is 930. The molecule has 1 saturated heterocycles. The fraction of sp³-hybridized carbons (Fsp3) is 0.364. The standard InChI is InChI=1S/C22H26BClN2O4/c1-21(2)22(3,4)30-23(29-21)15-11-9-14(10-12-15)13-18(19(25)27)26-20(28)16-7-5-6-8-17(16)24/h5-12,18H,13H2,1-4H3,(H2,25,27)(H,26,28)/t18-/m1/s1. The molecule has 2 amide bonds. The van der Waals surface area contributed by atoms with E-state index in [2.05, 4.69) is 5.32 Å². The van der Waals surface area contributed by atoms with Gasteiger partial charge < -0.3 is 20.4 Å². The second kappa shape index (κ2) is 8.42. The van der Waals surface area contributed by atoms with Crippen LogP contribution in [0.1, 0.15) is 43.6 Å². The minimum absolute atomic E-state index is 0.259. The van der Waals surface area contributed by atoms with E-state index in [9.17, 15) is 9.59 Å². The van der Waals surface area contributed by atoms with E-state index in [0.29, 0.717) is 10.6 Å².